The van der Waals surface area contributed by atoms with Crippen LogP contribution in [-0.4, -0.2) is 6.10 Å². The van der Waals surface area contributed by atoms with Gasteiger partial charge in [-0.25, -0.2) is 0 Å². The molecule has 2 aromatic carbocycles. The Balaban J connectivity index is 1.97. The van der Waals surface area contributed by atoms with Gasteiger partial charge in [-0.3, -0.25) is 0 Å². The fourth-order valence-electron chi connectivity index (χ4n) is 2.33. The van der Waals surface area contributed by atoms with E-state index in [1.165, 1.54) is 0 Å². The van der Waals surface area contributed by atoms with E-state index in [1.54, 1.807) is 0 Å². The summed E-state index contributed by atoms with van der Waals surface area (Å²) in [6, 6.07) is 18.4. The highest BCUT2D eigenvalue weighted by Crippen LogP contribution is 2.40. The van der Waals surface area contributed by atoms with Crippen LogP contribution in [0.15, 0.2) is 54.6 Å². The van der Waals surface area contributed by atoms with E-state index in [-0.39, 0.29) is 12.4 Å². The second-order valence-corrected chi connectivity index (χ2v) is 5.14. The van der Waals surface area contributed by atoms with Crippen LogP contribution in [0.5, 0.6) is 0 Å². The first-order valence-corrected chi connectivity index (χ1v) is 6.92. The first-order valence-electron chi connectivity index (χ1n) is 6.92. The molecule has 3 rings (SSSR count). The lowest BCUT2D eigenvalue weighted by molar-refractivity contribution is -0.118. The molecular weight excluding hydrogens is 248 g/mol. The highest BCUT2D eigenvalue weighted by molar-refractivity contribution is 5.80. The van der Waals surface area contributed by atoms with Gasteiger partial charge in [0.2, 0.25) is 6.29 Å². The van der Waals surface area contributed by atoms with E-state index < -0.39 is 0 Å². The Morgan fingerprint density at radius 1 is 1.00 bits per heavy atom. The van der Waals surface area contributed by atoms with Crippen LogP contribution in [0.2, 0.25) is 0 Å². The van der Waals surface area contributed by atoms with Gasteiger partial charge in [-0.1, -0.05) is 54.6 Å². The fraction of sp³-hybridized carbons (Fsp3) is 0.222. The molecule has 0 bridgehead atoms. The van der Waals surface area contributed by atoms with Gasteiger partial charge in [0, 0.05) is 11.1 Å². The third-order valence-corrected chi connectivity index (χ3v) is 3.21. The monoisotopic (exact) mass is 266 g/mol. The molecule has 2 nitrogen and oxygen atoms in total. The smallest absolute Gasteiger partial charge is 0.227 e. The summed E-state index contributed by atoms with van der Waals surface area (Å²) >= 11 is 0. The van der Waals surface area contributed by atoms with Gasteiger partial charge in [0.1, 0.15) is 5.76 Å². The molecular formula is C18H18O2. The number of hydrogen-bond acceptors (Lipinski definition) is 2. The quantitative estimate of drug-likeness (QED) is 0.805. The zero-order valence-corrected chi connectivity index (χ0v) is 11.7. The van der Waals surface area contributed by atoms with Crippen molar-refractivity contribution in [1.29, 1.82) is 0 Å². The summed E-state index contributed by atoms with van der Waals surface area (Å²) in [6.07, 6.45) is 1.88. The van der Waals surface area contributed by atoms with Gasteiger partial charge < -0.3 is 9.47 Å². The molecule has 1 atom stereocenters. The third-order valence-electron chi connectivity index (χ3n) is 3.21. The van der Waals surface area contributed by atoms with Gasteiger partial charge in [-0.2, -0.15) is 0 Å². The van der Waals surface area contributed by atoms with Crippen molar-refractivity contribution in [2.24, 2.45) is 0 Å². The molecule has 0 N–H and O–H groups in total. The maximum atomic E-state index is 5.99. The van der Waals surface area contributed by atoms with Crippen LogP contribution < -0.4 is 0 Å². The minimum atomic E-state index is -0.304. The molecule has 1 aliphatic heterocycles. The molecule has 2 aromatic rings. The lowest BCUT2D eigenvalue weighted by Crippen LogP contribution is -2.09. The predicted octanol–water partition coefficient (Wildman–Crippen LogP) is 4.64. The van der Waals surface area contributed by atoms with E-state index in [0.717, 1.165) is 22.4 Å². The van der Waals surface area contributed by atoms with Crippen LogP contribution in [0, 0.1) is 0 Å². The number of benzene rings is 2. The highest BCUT2D eigenvalue weighted by Gasteiger charge is 2.28. The van der Waals surface area contributed by atoms with Crippen molar-refractivity contribution < 1.29 is 9.47 Å². The zero-order chi connectivity index (χ0) is 13.9. The highest BCUT2D eigenvalue weighted by atomic mass is 16.7. The van der Waals surface area contributed by atoms with Crippen molar-refractivity contribution in [2.75, 3.05) is 0 Å². The van der Waals surface area contributed by atoms with E-state index in [2.05, 4.69) is 30.3 Å². The molecule has 0 saturated carbocycles. The molecule has 0 aromatic heterocycles. The average Bonchev–Trinajstić information content (AvgIpc) is 2.78. The third kappa shape index (κ3) is 2.61. The minimum Gasteiger partial charge on any atom is -0.460 e. The van der Waals surface area contributed by atoms with Crippen molar-refractivity contribution in [3.8, 4) is 0 Å². The molecule has 2 heteroatoms. The van der Waals surface area contributed by atoms with Crippen LogP contribution >= 0.6 is 0 Å². The van der Waals surface area contributed by atoms with Crippen LogP contribution in [0.4, 0.5) is 0 Å². The standard InChI is InChI=1S/C18H18O2/c1-13(2)19-18-16-11-7-6-10-15(16)17(20-18)12-14-8-4-3-5-9-14/h3-13,18H,1-2H3/b17-12-. The summed E-state index contributed by atoms with van der Waals surface area (Å²) in [4.78, 5) is 0. The summed E-state index contributed by atoms with van der Waals surface area (Å²) in [5, 5.41) is 0. The summed E-state index contributed by atoms with van der Waals surface area (Å²) < 4.78 is 11.8. The zero-order valence-electron chi connectivity index (χ0n) is 11.7. The second kappa shape index (κ2) is 5.51. The maximum Gasteiger partial charge on any atom is 0.227 e. The van der Waals surface area contributed by atoms with Crippen LogP contribution in [0.3, 0.4) is 0 Å². The van der Waals surface area contributed by atoms with E-state index in [9.17, 15) is 0 Å². The summed E-state index contributed by atoms with van der Waals surface area (Å²) in [7, 11) is 0. The van der Waals surface area contributed by atoms with Crippen LogP contribution in [0.25, 0.3) is 11.8 Å². The molecule has 20 heavy (non-hydrogen) atoms. The molecule has 0 fully saturated rings. The molecule has 1 unspecified atom stereocenters. The molecule has 1 heterocycles. The minimum absolute atomic E-state index is 0.129. The van der Waals surface area contributed by atoms with Gasteiger partial charge in [0.25, 0.3) is 0 Å². The van der Waals surface area contributed by atoms with E-state index in [1.807, 2.05) is 44.2 Å². The lowest BCUT2D eigenvalue weighted by atomic mass is 10.1. The van der Waals surface area contributed by atoms with Gasteiger partial charge in [0.15, 0.2) is 0 Å². The number of rotatable bonds is 3. The molecule has 0 spiro atoms. The Morgan fingerprint density at radius 3 is 2.45 bits per heavy atom. The normalized spacial score (nSPS) is 19.1. The number of hydrogen-bond donors (Lipinski definition) is 0. The van der Waals surface area contributed by atoms with E-state index >= 15 is 0 Å². The Bertz CT molecular complexity index is 614. The molecule has 102 valence electrons. The first kappa shape index (κ1) is 12.9. The van der Waals surface area contributed by atoms with Crippen molar-refractivity contribution in [2.45, 2.75) is 26.2 Å². The Kier molecular flexibility index (Phi) is 3.57. The van der Waals surface area contributed by atoms with Crippen molar-refractivity contribution >= 4 is 11.8 Å². The Labute approximate surface area is 119 Å². The molecule has 0 aliphatic carbocycles. The molecule has 1 aliphatic rings. The van der Waals surface area contributed by atoms with Crippen molar-refractivity contribution in [3.05, 3.63) is 71.3 Å². The van der Waals surface area contributed by atoms with Gasteiger partial charge >= 0.3 is 0 Å². The van der Waals surface area contributed by atoms with Crippen LogP contribution in [0.1, 0.15) is 36.8 Å². The lowest BCUT2D eigenvalue weighted by Gasteiger charge is -2.15. The van der Waals surface area contributed by atoms with Crippen molar-refractivity contribution in [1.82, 2.24) is 0 Å². The summed E-state index contributed by atoms with van der Waals surface area (Å²) in [5.41, 5.74) is 3.34. The molecule has 0 radical (unpaired) electrons. The van der Waals surface area contributed by atoms with Gasteiger partial charge in [-0.15, -0.1) is 0 Å². The molecule has 0 saturated heterocycles. The van der Waals surface area contributed by atoms with E-state index in [0.29, 0.717) is 0 Å². The molecule has 0 amide bonds. The topological polar surface area (TPSA) is 18.5 Å². The largest absolute Gasteiger partial charge is 0.460 e. The fourth-order valence-corrected chi connectivity index (χ4v) is 2.33. The Morgan fingerprint density at radius 2 is 1.70 bits per heavy atom. The first-order chi connectivity index (χ1) is 9.74. The summed E-state index contributed by atoms with van der Waals surface area (Å²) in [6.45, 7) is 4.04. The van der Waals surface area contributed by atoms with Gasteiger partial charge in [-0.05, 0) is 25.5 Å². The number of ether oxygens (including phenoxy) is 2. The number of fused-ring (bicyclic) bond motifs is 1. The maximum absolute atomic E-state index is 5.99. The predicted molar refractivity (Wildman–Crippen MR) is 80.8 cm³/mol. The van der Waals surface area contributed by atoms with Crippen LogP contribution in [-0.2, 0) is 9.47 Å². The second-order valence-electron chi connectivity index (χ2n) is 5.14. The van der Waals surface area contributed by atoms with Gasteiger partial charge in [0.05, 0.1) is 6.10 Å². The average molecular weight is 266 g/mol. The Hall–Kier alpha value is -2.06. The van der Waals surface area contributed by atoms with E-state index in [4.69, 9.17) is 9.47 Å². The SMILES string of the molecule is CC(C)OC1O/C(=C\c2ccccc2)c2ccccc21. The summed E-state index contributed by atoms with van der Waals surface area (Å²) in [5.74, 6) is 0.873. The van der Waals surface area contributed by atoms with Crippen molar-refractivity contribution in [3.63, 3.8) is 0 Å².